The number of benzene rings is 1. The van der Waals surface area contributed by atoms with Gasteiger partial charge in [-0.2, -0.15) is 0 Å². The van der Waals surface area contributed by atoms with Gasteiger partial charge in [-0.3, -0.25) is 19.4 Å². The number of pyridine rings is 1. The highest BCUT2D eigenvalue weighted by atomic mass is 19.1. The molecule has 0 saturated heterocycles. The van der Waals surface area contributed by atoms with Gasteiger partial charge in [0.15, 0.2) is 5.78 Å². The van der Waals surface area contributed by atoms with E-state index in [4.69, 9.17) is 9.57 Å². The minimum Gasteiger partial charge on any atom is -0.465 e. The fraction of sp³-hybridized carbons (Fsp3) is 0.519. The standard InChI is InChI=1S/C27H32FN3O5/c1-17(2)27(14-22(31-36-27)25-20-10-6-5-9-19(20)11-12-29-25)26(34)30-21(23(32)15-28)13-24(33)35-16-18-7-3-4-8-18/h5-6,9-12,17-18,21H,3-4,7-8,13-16H2,1-2H3,(H,30,34)/t21-,27?/m0/s1. The summed E-state index contributed by atoms with van der Waals surface area (Å²) in [5, 5.41) is 8.60. The molecular formula is C27H32FN3O5. The lowest BCUT2D eigenvalue weighted by molar-refractivity contribution is -0.153. The van der Waals surface area contributed by atoms with Crippen molar-refractivity contribution in [3.63, 3.8) is 0 Å². The fourth-order valence-corrected chi connectivity index (χ4v) is 4.85. The van der Waals surface area contributed by atoms with Gasteiger partial charge < -0.3 is 14.9 Å². The molecule has 1 aromatic carbocycles. The van der Waals surface area contributed by atoms with Gasteiger partial charge >= 0.3 is 5.97 Å². The lowest BCUT2D eigenvalue weighted by Gasteiger charge is -2.30. The SMILES string of the molecule is CC(C)C1(C(=O)N[C@@H](CC(=O)OCC2CCCC2)C(=O)CF)CC(c2nccc3ccccc23)=NO1. The van der Waals surface area contributed by atoms with E-state index in [1.165, 1.54) is 0 Å². The van der Waals surface area contributed by atoms with Crippen LogP contribution in [0.15, 0.2) is 41.7 Å². The van der Waals surface area contributed by atoms with Crippen LogP contribution in [-0.4, -0.2) is 53.3 Å². The van der Waals surface area contributed by atoms with E-state index in [1.807, 2.05) is 30.3 Å². The van der Waals surface area contributed by atoms with Gasteiger partial charge in [-0.15, -0.1) is 0 Å². The van der Waals surface area contributed by atoms with E-state index in [2.05, 4.69) is 15.5 Å². The van der Waals surface area contributed by atoms with Gasteiger partial charge in [-0.25, -0.2) is 4.39 Å². The molecule has 4 rings (SSSR count). The van der Waals surface area contributed by atoms with Crippen LogP contribution in [0.5, 0.6) is 0 Å². The van der Waals surface area contributed by atoms with Crippen molar-refractivity contribution >= 4 is 34.1 Å². The Labute approximate surface area is 209 Å². The number of hydrogen-bond acceptors (Lipinski definition) is 7. The third kappa shape index (κ3) is 5.39. The predicted octanol–water partition coefficient (Wildman–Crippen LogP) is 3.90. The van der Waals surface area contributed by atoms with Crippen molar-refractivity contribution in [2.45, 2.75) is 64.0 Å². The van der Waals surface area contributed by atoms with Crippen LogP contribution < -0.4 is 5.32 Å². The molecule has 1 amide bonds. The summed E-state index contributed by atoms with van der Waals surface area (Å²) in [7, 11) is 0. The maximum absolute atomic E-state index is 13.5. The molecule has 1 aliphatic carbocycles. The Morgan fingerprint density at radius 1 is 1.19 bits per heavy atom. The number of alkyl halides is 1. The smallest absolute Gasteiger partial charge is 0.308 e. The number of ketones is 1. The summed E-state index contributed by atoms with van der Waals surface area (Å²) in [5.74, 6) is -2.20. The van der Waals surface area contributed by atoms with Crippen molar-refractivity contribution in [1.29, 1.82) is 0 Å². The number of aromatic nitrogens is 1. The monoisotopic (exact) mass is 497 g/mol. The summed E-state index contributed by atoms with van der Waals surface area (Å²) in [6.07, 6.45) is 5.56. The molecule has 36 heavy (non-hydrogen) atoms. The van der Waals surface area contributed by atoms with E-state index < -0.39 is 42.4 Å². The number of nitrogens with one attached hydrogen (secondary N) is 1. The van der Waals surface area contributed by atoms with Crippen molar-refractivity contribution in [2.24, 2.45) is 17.0 Å². The number of rotatable bonds is 10. The maximum Gasteiger partial charge on any atom is 0.308 e. The van der Waals surface area contributed by atoms with Crippen LogP contribution in [0, 0.1) is 11.8 Å². The summed E-state index contributed by atoms with van der Waals surface area (Å²) in [6, 6.07) is 8.23. The minimum atomic E-state index is -1.43. The van der Waals surface area contributed by atoms with E-state index in [0.29, 0.717) is 17.3 Å². The topological polar surface area (TPSA) is 107 Å². The van der Waals surface area contributed by atoms with E-state index in [1.54, 1.807) is 20.0 Å². The third-order valence-corrected chi connectivity index (χ3v) is 7.16. The molecule has 1 aliphatic heterocycles. The molecule has 2 aromatic rings. The molecule has 0 radical (unpaired) electrons. The molecule has 2 atom stereocenters. The first-order valence-corrected chi connectivity index (χ1v) is 12.5. The van der Waals surface area contributed by atoms with Crippen LogP contribution in [0.25, 0.3) is 10.8 Å². The molecule has 1 unspecified atom stereocenters. The van der Waals surface area contributed by atoms with Crippen LogP contribution in [0.4, 0.5) is 4.39 Å². The molecule has 8 nitrogen and oxygen atoms in total. The molecule has 1 aromatic heterocycles. The highest BCUT2D eigenvalue weighted by Gasteiger charge is 2.51. The minimum absolute atomic E-state index is 0.111. The van der Waals surface area contributed by atoms with Crippen molar-refractivity contribution in [2.75, 3.05) is 13.3 Å². The number of oxime groups is 1. The molecule has 2 heterocycles. The number of carbonyl (C=O) groups excluding carboxylic acids is 3. The molecule has 1 N–H and O–H groups in total. The van der Waals surface area contributed by atoms with E-state index in [-0.39, 0.29) is 18.9 Å². The highest BCUT2D eigenvalue weighted by molar-refractivity contribution is 6.12. The number of halogens is 1. The average molecular weight is 498 g/mol. The Morgan fingerprint density at radius 2 is 1.94 bits per heavy atom. The quantitative estimate of drug-likeness (QED) is 0.499. The van der Waals surface area contributed by atoms with E-state index in [0.717, 1.165) is 36.5 Å². The second-order valence-electron chi connectivity index (χ2n) is 9.89. The van der Waals surface area contributed by atoms with Gasteiger partial charge in [0, 0.05) is 23.9 Å². The number of hydrogen-bond donors (Lipinski definition) is 1. The lowest BCUT2D eigenvalue weighted by Crippen LogP contribution is -2.55. The molecule has 0 bridgehead atoms. The fourth-order valence-electron chi connectivity index (χ4n) is 4.85. The zero-order valence-corrected chi connectivity index (χ0v) is 20.7. The van der Waals surface area contributed by atoms with Crippen molar-refractivity contribution in [3.8, 4) is 0 Å². The number of amides is 1. The predicted molar refractivity (Wildman–Crippen MR) is 132 cm³/mol. The third-order valence-electron chi connectivity index (χ3n) is 7.16. The van der Waals surface area contributed by atoms with Crippen LogP contribution in [-0.2, 0) is 24.0 Å². The average Bonchev–Trinajstić information content (AvgIpc) is 3.57. The van der Waals surface area contributed by atoms with Crippen molar-refractivity contribution in [1.82, 2.24) is 10.3 Å². The summed E-state index contributed by atoms with van der Waals surface area (Å²) in [5.41, 5.74) is -0.327. The summed E-state index contributed by atoms with van der Waals surface area (Å²) in [4.78, 5) is 48.3. The zero-order valence-electron chi connectivity index (χ0n) is 20.7. The number of fused-ring (bicyclic) bond motifs is 1. The number of ether oxygens (including phenoxy) is 1. The van der Waals surface area contributed by atoms with Gasteiger partial charge in [0.25, 0.3) is 5.91 Å². The van der Waals surface area contributed by atoms with Gasteiger partial charge in [-0.05, 0) is 30.2 Å². The van der Waals surface area contributed by atoms with Gasteiger partial charge in [0.2, 0.25) is 5.60 Å². The van der Waals surface area contributed by atoms with Crippen molar-refractivity contribution < 1.29 is 28.3 Å². The summed E-state index contributed by atoms with van der Waals surface area (Å²) < 4.78 is 18.6. The normalized spacial score (nSPS) is 20.7. The Kier molecular flexibility index (Phi) is 7.96. The first kappa shape index (κ1) is 25.7. The van der Waals surface area contributed by atoms with Crippen LogP contribution in [0.1, 0.15) is 58.1 Å². The molecular weight excluding hydrogens is 465 g/mol. The van der Waals surface area contributed by atoms with Gasteiger partial charge in [-0.1, -0.05) is 56.1 Å². The lowest BCUT2D eigenvalue weighted by atomic mass is 9.83. The summed E-state index contributed by atoms with van der Waals surface area (Å²) in [6.45, 7) is 2.57. The van der Waals surface area contributed by atoms with Gasteiger partial charge in [0.1, 0.15) is 18.4 Å². The van der Waals surface area contributed by atoms with Crippen LogP contribution >= 0.6 is 0 Å². The summed E-state index contributed by atoms with van der Waals surface area (Å²) >= 11 is 0. The second kappa shape index (κ2) is 11.1. The Balaban J connectivity index is 1.47. The molecule has 1 saturated carbocycles. The number of Topliss-reactive ketones (excluding diaryl/α,β-unsaturated/α-hetero) is 1. The highest BCUT2D eigenvalue weighted by Crippen LogP contribution is 2.35. The molecule has 9 heteroatoms. The largest absolute Gasteiger partial charge is 0.465 e. The van der Waals surface area contributed by atoms with Crippen molar-refractivity contribution in [3.05, 3.63) is 42.2 Å². The van der Waals surface area contributed by atoms with E-state index >= 15 is 0 Å². The number of carbonyl (C=O) groups is 3. The maximum atomic E-state index is 13.5. The molecule has 0 spiro atoms. The van der Waals surface area contributed by atoms with Crippen LogP contribution in [0.2, 0.25) is 0 Å². The Bertz CT molecular complexity index is 1160. The molecule has 1 fully saturated rings. The second-order valence-corrected chi connectivity index (χ2v) is 9.89. The Morgan fingerprint density at radius 3 is 2.67 bits per heavy atom. The van der Waals surface area contributed by atoms with Gasteiger partial charge in [0.05, 0.1) is 18.7 Å². The Hall–Kier alpha value is -3.36. The number of nitrogens with zero attached hydrogens (tertiary/aromatic N) is 2. The number of esters is 1. The molecule has 192 valence electrons. The first-order chi connectivity index (χ1) is 17.3. The zero-order chi connectivity index (χ0) is 25.7. The van der Waals surface area contributed by atoms with Crippen LogP contribution in [0.3, 0.4) is 0 Å². The van der Waals surface area contributed by atoms with E-state index in [9.17, 15) is 18.8 Å². The molecule has 2 aliphatic rings. The first-order valence-electron chi connectivity index (χ1n) is 12.5.